The largest absolute Gasteiger partial charge is 0.345 e. The van der Waals surface area contributed by atoms with E-state index in [9.17, 15) is 9.18 Å². The maximum atomic E-state index is 13.6. The van der Waals surface area contributed by atoms with Crippen LogP contribution in [0, 0.1) is 12.7 Å². The van der Waals surface area contributed by atoms with Crippen LogP contribution in [0.15, 0.2) is 42.5 Å². The van der Waals surface area contributed by atoms with Crippen molar-refractivity contribution in [3.8, 4) is 0 Å². The maximum absolute atomic E-state index is 13.6. The average Bonchev–Trinajstić information content (AvgIpc) is 2.47. The first-order chi connectivity index (χ1) is 10.0. The van der Waals surface area contributed by atoms with Gasteiger partial charge in [-0.15, -0.1) is 0 Å². The van der Waals surface area contributed by atoms with Crippen LogP contribution in [-0.4, -0.2) is 5.91 Å². The van der Waals surface area contributed by atoms with Crippen molar-refractivity contribution >= 4 is 11.6 Å². The Labute approximate surface area is 123 Å². The standard InChI is InChI=1S/C16H18FN3O/c1-10-6-3-4-7-12(10)11(2)19-16(21)13-8-5-9-14(17)15(13)20-18/h3-9,11,20H,18H2,1-2H3,(H,19,21). The smallest absolute Gasteiger partial charge is 0.254 e. The van der Waals surface area contributed by atoms with E-state index in [1.54, 1.807) is 0 Å². The zero-order chi connectivity index (χ0) is 15.4. The Bertz CT molecular complexity index is 658. The summed E-state index contributed by atoms with van der Waals surface area (Å²) in [5.74, 6) is 4.35. The molecule has 1 unspecified atom stereocenters. The number of carbonyl (C=O) groups is 1. The Morgan fingerprint density at radius 2 is 1.90 bits per heavy atom. The fourth-order valence-electron chi connectivity index (χ4n) is 2.28. The molecule has 0 aliphatic heterocycles. The second kappa shape index (κ2) is 6.37. The molecule has 0 aliphatic carbocycles. The molecule has 2 aromatic rings. The van der Waals surface area contributed by atoms with Crippen molar-refractivity contribution in [2.24, 2.45) is 5.84 Å². The number of hydrazine groups is 1. The number of hydrogen-bond acceptors (Lipinski definition) is 3. The first-order valence-electron chi connectivity index (χ1n) is 6.66. The molecular formula is C16H18FN3O. The van der Waals surface area contributed by atoms with Crippen LogP contribution in [0.25, 0.3) is 0 Å². The molecule has 110 valence electrons. The van der Waals surface area contributed by atoms with Crippen molar-refractivity contribution in [2.45, 2.75) is 19.9 Å². The highest BCUT2D eigenvalue weighted by molar-refractivity contribution is 5.99. The first-order valence-corrected chi connectivity index (χ1v) is 6.66. The van der Waals surface area contributed by atoms with E-state index in [-0.39, 0.29) is 23.2 Å². The average molecular weight is 287 g/mol. The normalized spacial score (nSPS) is 11.8. The summed E-state index contributed by atoms with van der Waals surface area (Å²) in [4.78, 5) is 12.3. The molecule has 0 radical (unpaired) electrons. The van der Waals surface area contributed by atoms with Crippen molar-refractivity contribution in [2.75, 3.05) is 5.43 Å². The molecule has 0 fully saturated rings. The number of aryl methyl sites for hydroxylation is 1. The Balaban J connectivity index is 2.23. The van der Waals surface area contributed by atoms with Crippen LogP contribution in [-0.2, 0) is 0 Å². The second-order valence-electron chi connectivity index (χ2n) is 4.86. The van der Waals surface area contributed by atoms with Gasteiger partial charge in [0, 0.05) is 0 Å². The van der Waals surface area contributed by atoms with E-state index >= 15 is 0 Å². The Morgan fingerprint density at radius 3 is 2.57 bits per heavy atom. The highest BCUT2D eigenvalue weighted by Gasteiger charge is 2.17. The molecule has 21 heavy (non-hydrogen) atoms. The lowest BCUT2D eigenvalue weighted by atomic mass is 10.0. The predicted molar refractivity (Wildman–Crippen MR) is 81.3 cm³/mol. The number of anilines is 1. The van der Waals surface area contributed by atoms with Gasteiger partial charge in [0.25, 0.3) is 5.91 Å². The SMILES string of the molecule is Cc1ccccc1C(C)NC(=O)c1cccc(F)c1NN. The van der Waals surface area contributed by atoms with E-state index < -0.39 is 5.82 Å². The summed E-state index contributed by atoms with van der Waals surface area (Å²) < 4.78 is 13.6. The summed E-state index contributed by atoms with van der Waals surface area (Å²) in [6.07, 6.45) is 0. The number of nitrogen functional groups attached to an aromatic ring is 1. The minimum absolute atomic E-state index is 0.00742. The zero-order valence-electron chi connectivity index (χ0n) is 12.0. The number of rotatable bonds is 4. The lowest BCUT2D eigenvalue weighted by Gasteiger charge is -2.18. The molecule has 4 N–H and O–H groups in total. The van der Waals surface area contributed by atoms with E-state index in [2.05, 4.69) is 10.7 Å². The van der Waals surface area contributed by atoms with Crippen LogP contribution >= 0.6 is 0 Å². The van der Waals surface area contributed by atoms with Crippen LogP contribution in [0.4, 0.5) is 10.1 Å². The first kappa shape index (κ1) is 15.0. The molecule has 0 heterocycles. The maximum Gasteiger partial charge on any atom is 0.254 e. The number of para-hydroxylation sites is 1. The second-order valence-corrected chi connectivity index (χ2v) is 4.86. The Morgan fingerprint density at radius 1 is 1.19 bits per heavy atom. The summed E-state index contributed by atoms with van der Waals surface area (Å²) in [5.41, 5.74) is 4.51. The van der Waals surface area contributed by atoms with Gasteiger partial charge in [-0.25, -0.2) is 4.39 Å². The molecule has 0 saturated heterocycles. The summed E-state index contributed by atoms with van der Waals surface area (Å²) in [5, 5.41) is 2.85. The van der Waals surface area contributed by atoms with E-state index in [0.29, 0.717) is 0 Å². The van der Waals surface area contributed by atoms with Gasteiger partial charge in [0.15, 0.2) is 0 Å². The molecule has 1 amide bonds. The molecule has 0 spiro atoms. The van der Waals surface area contributed by atoms with Crippen LogP contribution in [0.2, 0.25) is 0 Å². The molecule has 2 aromatic carbocycles. The van der Waals surface area contributed by atoms with E-state index in [4.69, 9.17) is 5.84 Å². The lowest BCUT2D eigenvalue weighted by Crippen LogP contribution is -2.28. The Hall–Kier alpha value is -2.40. The third-order valence-electron chi connectivity index (χ3n) is 3.41. The molecule has 4 nitrogen and oxygen atoms in total. The minimum atomic E-state index is -0.561. The number of nitrogens with one attached hydrogen (secondary N) is 2. The van der Waals surface area contributed by atoms with Gasteiger partial charge in [0.1, 0.15) is 5.82 Å². The third-order valence-corrected chi connectivity index (χ3v) is 3.41. The van der Waals surface area contributed by atoms with Gasteiger partial charge in [-0.05, 0) is 37.1 Å². The van der Waals surface area contributed by atoms with Gasteiger partial charge in [-0.1, -0.05) is 30.3 Å². The number of nitrogens with two attached hydrogens (primary N) is 1. The fraction of sp³-hybridized carbons (Fsp3) is 0.188. The molecule has 0 saturated carbocycles. The van der Waals surface area contributed by atoms with Crippen molar-refractivity contribution in [1.82, 2.24) is 5.32 Å². The summed E-state index contributed by atoms with van der Waals surface area (Å²) in [7, 11) is 0. The van der Waals surface area contributed by atoms with Crippen molar-refractivity contribution in [3.05, 3.63) is 65.0 Å². The van der Waals surface area contributed by atoms with Crippen LogP contribution in [0.5, 0.6) is 0 Å². The Kier molecular flexibility index (Phi) is 4.55. The fourth-order valence-corrected chi connectivity index (χ4v) is 2.28. The lowest BCUT2D eigenvalue weighted by molar-refractivity contribution is 0.0940. The third kappa shape index (κ3) is 3.20. The van der Waals surface area contributed by atoms with Crippen molar-refractivity contribution in [3.63, 3.8) is 0 Å². The molecular weight excluding hydrogens is 269 g/mol. The van der Waals surface area contributed by atoms with E-state index in [1.807, 2.05) is 38.1 Å². The summed E-state index contributed by atoms with van der Waals surface area (Å²) >= 11 is 0. The van der Waals surface area contributed by atoms with Crippen LogP contribution < -0.4 is 16.6 Å². The van der Waals surface area contributed by atoms with Crippen LogP contribution in [0.3, 0.4) is 0 Å². The van der Waals surface area contributed by atoms with Gasteiger partial charge in [0.05, 0.1) is 17.3 Å². The molecule has 1 atom stereocenters. The minimum Gasteiger partial charge on any atom is -0.345 e. The summed E-state index contributed by atoms with van der Waals surface area (Å²) in [6.45, 7) is 3.86. The number of benzene rings is 2. The van der Waals surface area contributed by atoms with E-state index in [1.165, 1.54) is 18.2 Å². The molecule has 0 bridgehead atoms. The van der Waals surface area contributed by atoms with Gasteiger partial charge in [-0.2, -0.15) is 0 Å². The van der Waals surface area contributed by atoms with Crippen molar-refractivity contribution in [1.29, 1.82) is 0 Å². The number of carbonyl (C=O) groups excluding carboxylic acids is 1. The van der Waals surface area contributed by atoms with Gasteiger partial charge >= 0.3 is 0 Å². The van der Waals surface area contributed by atoms with Gasteiger partial charge < -0.3 is 10.7 Å². The number of hydrogen-bond donors (Lipinski definition) is 3. The quantitative estimate of drug-likeness (QED) is 0.598. The molecule has 5 heteroatoms. The van der Waals surface area contributed by atoms with Crippen LogP contribution in [0.1, 0.15) is 34.5 Å². The molecule has 0 aliphatic rings. The number of amides is 1. The van der Waals surface area contributed by atoms with Gasteiger partial charge in [0.2, 0.25) is 0 Å². The predicted octanol–water partition coefficient (Wildman–Crippen LogP) is 2.91. The highest BCUT2D eigenvalue weighted by atomic mass is 19.1. The molecule has 0 aromatic heterocycles. The summed E-state index contributed by atoms with van der Waals surface area (Å²) in [6, 6.07) is 11.9. The molecule has 2 rings (SSSR count). The van der Waals surface area contributed by atoms with Gasteiger partial charge in [-0.3, -0.25) is 10.6 Å². The highest BCUT2D eigenvalue weighted by Crippen LogP contribution is 2.21. The van der Waals surface area contributed by atoms with Crippen molar-refractivity contribution < 1.29 is 9.18 Å². The van der Waals surface area contributed by atoms with E-state index in [0.717, 1.165) is 11.1 Å². The number of halogens is 1. The topological polar surface area (TPSA) is 67.2 Å². The monoisotopic (exact) mass is 287 g/mol. The zero-order valence-corrected chi connectivity index (χ0v) is 12.0.